The van der Waals surface area contributed by atoms with Gasteiger partial charge in [-0.15, -0.1) is 0 Å². The average Bonchev–Trinajstić information content (AvgIpc) is 3.11. The second-order valence-electron chi connectivity index (χ2n) is 6.06. The summed E-state index contributed by atoms with van der Waals surface area (Å²) >= 11 is 0. The number of aldehydes is 1. The summed E-state index contributed by atoms with van der Waals surface area (Å²) in [6.45, 7) is 3.86. The monoisotopic (exact) mass is 370 g/mol. The second-order valence-corrected chi connectivity index (χ2v) is 6.06. The van der Waals surface area contributed by atoms with Crippen LogP contribution in [0.4, 0.5) is 0 Å². The van der Waals surface area contributed by atoms with E-state index in [1.807, 2.05) is 13.8 Å². The molecule has 0 atom stereocenters. The summed E-state index contributed by atoms with van der Waals surface area (Å²) in [7, 11) is 0. The SMILES string of the molecule is CC(C)c1nccn1-c1nccnc1C(O)(O)Oc1cccc(O)c1C=O. The van der Waals surface area contributed by atoms with Crippen molar-refractivity contribution in [2.75, 3.05) is 0 Å². The van der Waals surface area contributed by atoms with Gasteiger partial charge in [0.1, 0.15) is 17.3 Å². The van der Waals surface area contributed by atoms with Crippen molar-refractivity contribution in [1.29, 1.82) is 0 Å². The van der Waals surface area contributed by atoms with E-state index in [2.05, 4.69) is 15.0 Å². The van der Waals surface area contributed by atoms with Crippen LogP contribution in [0.25, 0.3) is 5.82 Å². The molecule has 0 aliphatic heterocycles. The van der Waals surface area contributed by atoms with Crippen molar-refractivity contribution in [3.05, 3.63) is 60.1 Å². The molecule has 27 heavy (non-hydrogen) atoms. The predicted molar refractivity (Wildman–Crippen MR) is 93.5 cm³/mol. The van der Waals surface area contributed by atoms with Gasteiger partial charge in [0.05, 0.1) is 5.56 Å². The highest BCUT2D eigenvalue weighted by Crippen LogP contribution is 2.32. The van der Waals surface area contributed by atoms with Gasteiger partial charge < -0.3 is 20.1 Å². The molecule has 9 heteroatoms. The zero-order chi connectivity index (χ0) is 19.6. The highest BCUT2D eigenvalue weighted by atomic mass is 16.8. The van der Waals surface area contributed by atoms with Crippen LogP contribution in [0.5, 0.6) is 11.5 Å². The minimum atomic E-state index is -2.92. The lowest BCUT2D eigenvalue weighted by Crippen LogP contribution is -2.35. The Morgan fingerprint density at radius 3 is 2.59 bits per heavy atom. The number of nitrogens with zero attached hydrogens (tertiary/aromatic N) is 4. The van der Waals surface area contributed by atoms with Crippen LogP contribution in [-0.2, 0) is 5.97 Å². The van der Waals surface area contributed by atoms with Crippen LogP contribution >= 0.6 is 0 Å². The van der Waals surface area contributed by atoms with Crippen molar-refractivity contribution in [2.45, 2.75) is 25.7 Å². The van der Waals surface area contributed by atoms with Crippen molar-refractivity contribution in [3.63, 3.8) is 0 Å². The molecule has 0 unspecified atom stereocenters. The van der Waals surface area contributed by atoms with E-state index >= 15 is 0 Å². The van der Waals surface area contributed by atoms with Gasteiger partial charge in [0.25, 0.3) is 0 Å². The molecule has 0 saturated heterocycles. The quantitative estimate of drug-likeness (QED) is 0.439. The average molecular weight is 370 g/mol. The summed E-state index contributed by atoms with van der Waals surface area (Å²) in [4.78, 5) is 23.6. The van der Waals surface area contributed by atoms with Crippen LogP contribution in [0.2, 0.25) is 0 Å². The second kappa shape index (κ2) is 7.14. The molecule has 2 aromatic heterocycles. The van der Waals surface area contributed by atoms with Crippen molar-refractivity contribution in [3.8, 4) is 17.3 Å². The first-order valence-corrected chi connectivity index (χ1v) is 8.11. The minimum Gasteiger partial charge on any atom is -0.507 e. The number of benzene rings is 1. The van der Waals surface area contributed by atoms with Gasteiger partial charge in [-0.25, -0.2) is 15.0 Å². The highest BCUT2D eigenvalue weighted by Gasteiger charge is 2.36. The Hall–Kier alpha value is -3.30. The van der Waals surface area contributed by atoms with E-state index < -0.39 is 5.97 Å². The fourth-order valence-electron chi connectivity index (χ4n) is 2.60. The molecule has 0 saturated carbocycles. The fraction of sp³-hybridized carbons (Fsp3) is 0.222. The van der Waals surface area contributed by atoms with Crippen LogP contribution in [0, 0.1) is 0 Å². The fourth-order valence-corrected chi connectivity index (χ4v) is 2.60. The first kappa shape index (κ1) is 18.5. The van der Waals surface area contributed by atoms with Crippen molar-refractivity contribution in [2.24, 2.45) is 0 Å². The maximum Gasteiger partial charge on any atom is 0.373 e. The maximum absolute atomic E-state index is 11.2. The van der Waals surface area contributed by atoms with Crippen LogP contribution in [0.1, 0.15) is 41.6 Å². The first-order chi connectivity index (χ1) is 12.8. The maximum atomic E-state index is 11.2. The highest BCUT2D eigenvalue weighted by molar-refractivity contribution is 5.83. The van der Waals surface area contributed by atoms with Crippen molar-refractivity contribution < 1.29 is 24.9 Å². The molecule has 3 rings (SSSR count). The Bertz CT molecular complexity index is 968. The summed E-state index contributed by atoms with van der Waals surface area (Å²) in [6, 6.07) is 4.00. The van der Waals surface area contributed by atoms with Crippen LogP contribution < -0.4 is 4.74 Å². The zero-order valence-electron chi connectivity index (χ0n) is 14.6. The van der Waals surface area contributed by atoms with E-state index in [1.165, 1.54) is 30.6 Å². The molecular weight excluding hydrogens is 352 g/mol. The standard InChI is InChI=1S/C18H18N4O5/c1-11(2)16-21-8-9-22(16)17-15(19-6-7-20-17)18(25,26)27-14-5-3-4-13(24)12(14)10-23/h3-11,24-26H,1-2H3. The van der Waals surface area contributed by atoms with Gasteiger partial charge in [0.15, 0.2) is 17.8 Å². The largest absolute Gasteiger partial charge is 0.507 e. The Kier molecular flexibility index (Phi) is 4.89. The molecule has 1 aromatic carbocycles. The molecule has 0 fully saturated rings. The van der Waals surface area contributed by atoms with Gasteiger partial charge in [0, 0.05) is 30.7 Å². The van der Waals surface area contributed by atoms with Gasteiger partial charge in [-0.2, -0.15) is 0 Å². The summed E-state index contributed by atoms with van der Waals surface area (Å²) < 4.78 is 6.78. The molecule has 3 aromatic rings. The number of phenolic OH excluding ortho intramolecular Hbond substituents is 1. The van der Waals surface area contributed by atoms with E-state index in [4.69, 9.17) is 4.74 Å². The molecular formula is C18H18N4O5. The normalized spacial score (nSPS) is 11.6. The van der Waals surface area contributed by atoms with Gasteiger partial charge in [-0.05, 0) is 12.1 Å². The number of carbonyl (C=O) groups is 1. The summed E-state index contributed by atoms with van der Waals surface area (Å²) in [5, 5.41) is 30.9. The van der Waals surface area contributed by atoms with Crippen molar-refractivity contribution in [1.82, 2.24) is 19.5 Å². The topological polar surface area (TPSA) is 131 Å². The zero-order valence-corrected chi connectivity index (χ0v) is 14.6. The lowest BCUT2D eigenvalue weighted by molar-refractivity contribution is -0.306. The lowest BCUT2D eigenvalue weighted by Gasteiger charge is -2.24. The molecule has 0 spiro atoms. The third-order valence-electron chi connectivity index (χ3n) is 3.81. The van der Waals surface area contributed by atoms with E-state index in [0.29, 0.717) is 12.1 Å². The molecule has 0 amide bonds. The van der Waals surface area contributed by atoms with E-state index in [9.17, 15) is 20.1 Å². The lowest BCUT2D eigenvalue weighted by atomic mass is 10.2. The van der Waals surface area contributed by atoms with E-state index in [-0.39, 0.29) is 34.5 Å². The van der Waals surface area contributed by atoms with Crippen molar-refractivity contribution >= 4 is 6.29 Å². The summed E-state index contributed by atoms with van der Waals surface area (Å²) in [5.41, 5.74) is -0.522. The van der Waals surface area contributed by atoms with Gasteiger partial charge in [-0.3, -0.25) is 9.36 Å². The molecule has 140 valence electrons. The van der Waals surface area contributed by atoms with Gasteiger partial charge in [0.2, 0.25) is 0 Å². The number of hydrogen-bond donors (Lipinski definition) is 3. The number of ether oxygens (including phenoxy) is 1. The number of hydrogen-bond acceptors (Lipinski definition) is 8. The Balaban J connectivity index is 2.08. The van der Waals surface area contributed by atoms with E-state index in [1.54, 1.807) is 17.0 Å². The number of aromatic hydroxyl groups is 1. The first-order valence-electron chi connectivity index (χ1n) is 8.11. The summed E-state index contributed by atoms with van der Waals surface area (Å²) in [5.74, 6) is -2.71. The summed E-state index contributed by atoms with van der Waals surface area (Å²) in [6.07, 6.45) is 6.20. The predicted octanol–water partition coefficient (Wildman–Crippen LogP) is 1.48. The Labute approximate surface area is 154 Å². The van der Waals surface area contributed by atoms with E-state index in [0.717, 1.165) is 0 Å². The number of rotatable bonds is 6. The number of imidazole rings is 1. The number of phenols is 1. The number of carbonyl (C=O) groups excluding carboxylic acids is 1. The van der Waals surface area contributed by atoms with Gasteiger partial charge >= 0.3 is 5.97 Å². The Morgan fingerprint density at radius 1 is 1.15 bits per heavy atom. The number of aliphatic hydroxyl groups is 2. The third-order valence-corrected chi connectivity index (χ3v) is 3.81. The van der Waals surface area contributed by atoms with Crippen LogP contribution in [-0.4, -0.2) is 41.1 Å². The third kappa shape index (κ3) is 3.50. The smallest absolute Gasteiger partial charge is 0.373 e. The van der Waals surface area contributed by atoms with Crippen LogP contribution in [0.3, 0.4) is 0 Å². The molecule has 0 aliphatic carbocycles. The minimum absolute atomic E-state index is 0.0373. The molecule has 0 bridgehead atoms. The molecule has 9 nitrogen and oxygen atoms in total. The number of aromatic nitrogens is 4. The molecule has 2 heterocycles. The van der Waals surface area contributed by atoms with Gasteiger partial charge in [-0.1, -0.05) is 19.9 Å². The molecule has 3 N–H and O–H groups in total. The molecule has 0 aliphatic rings. The van der Waals surface area contributed by atoms with Crippen LogP contribution in [0.15, 0.2) is 43.0 Å². The molecule has 0 radical (unpaired) electrons. The Morgan fingerprint density at radius 2 is 1.89 bits per heavy atom.